The van der Waals surface area contributed by atoms with Crippen LogP contribution in [0.5, 0.6) is 0 Å². The van der Waals surface area contributed by atoms with Gasteiger partial charge in [0.2, 0.25) is 0 Å². The molecule has 1 aliphatic heterocycles. The third kappa shape index (κ3) is 2.09. The maximum Gasteiger partial charge on any atom is 0.184 e. The predicted octanol–water partition coefficient (Wildman–Crippen LogP) is -1.28. The topological polar surface area (TPSA) is 79.2 Å². The molecule has 4 atom stereocenters. The fourth-order valence-corrected chi connectivity index (χ4v) is 1.27. The van der Waals surface area contributed by atoms with Crippen LogP contribution >= 0.6 is 12.0 Å². The van der Waals surface area contributed by atoms with Gasteiger partial charge < -0.3 is 24.2 Å². The molecule has 0 spiro atoms. The Morgan fingerprint density at radius 1 is 1.33 bits per heavy atom. The number of aliphatic hydroxyl groups is 3. The molecule has 0 aromatic heterocycles. The highest BCUT2D eigenvalue weighted by atomic mass is 32.2. The molecule has 0 saturated carbocycles. The van der Waals surface area contributed by atoms with Crippen LogP contribution in [0.15, 0.2) is 0 Å². The van der Waals surface area contributed by atoms with E-state index in [0.717, 1.165) is 12.0 Å². The summed E-state index contributed by atoms with van der Waals surface area (Å²) in [7, 11) is 0. The van der Waals surface area contributed by atoms with E-state index in [4.69, 9.17) is 19.1 Å². The summed E-state index contributed by atoms with van der Waals surface area (Å²) >= 11 is 1.14. The van der Waals surface area contributed by atoms with Crippen molar-refractivity contribution in [2.75, 3.05) is 12.9 Å². The molecule has 0 aromatic rings. The van der Waals surface area contributed by atoms with Crippen LogP contribution in [0.4, 0.5) is 0 Å². The highest BCUT2D eigenvalue weighted by Gasteiger charge is 2.41. The van der Waals surface area contributed by atoms with Gasteiger partial charge in [-0.15, -0.1) is 0 Å². The van der Waals surface area contributed by atoms with Crippen LogP contribution in [0.2, 0.25) is 0 Å². The molecule has 0 amide bonds. The first-order valence-electron chi connectivity index (χ1n) is 3.52. The van der Waals surface area contributed by atoms with Crippen molar-refractivity contribution in [2.24, 2.45) is 0 Å². The highest BCUT2D eigenvalue weighted by molar-refractivity contribution is 7.93. The Balaban J connectivity index is 2.36. The van der Waals surface area contributed by atoms with Gasteiger partial charge in [-0.2, -0.15) is 0 Å². The zero-order valence-electron chi connectivity index (χ0n) is 6.58. The van der Waals surface area contributed by atoms with Crippen LogP contribution in [-0.4, -0.2) is 52.8 Å². The summed E-state index contributed by atoms with van der Waals surface area (Å²) in [6.45, 7) is 0.149. The van der Waals surface area contributed by atoms with Crippen molar-refractivity contribution in [1.82, 2.24) is 0 Å². The average molecular weight is 196 g/mol. The monoisotopic (exact) mass is 196 g/mol. The fourth-order valence-electron chi connectivity index (χ4n) is 1.00. The Kier molecular flexibility index (Phi) is 3.76. The van der Waals surface area contributed by atoms with Crippen LogP contribution in [0.25, 0.3) is 0 Å². The predicted molar refractivity (Wildman–Crippen MR) is 42.4 cm³/mol. The Hall–Kier alpha value is 0.150. The SMILES string of the molecule is CSOC[C@H]1O[C@H](O)[C@H](O)[C@H]1O. The molecule has 0 radical (unpaired) electrons. The minimum Gasteiger partial charge on any atom is -0.387 e. The van der Waals surface area contributed by atoms with E-state index in [0.29, 0.717) is 0 Å². The average Bonchev–Trinajstić information content (AvgIpc) is 2.30. The van der Waals surface area contributed by atoms with Crippen molar-refractivity contribution in [2.45, 2.75) is 24.6 Å². The van der Waals surface area contributed by atoms with Crippen LogP contribution in [-0.2, 0) is 8.92 Å². The molecule has 0 unspecified atom stereocenters. The van der Waals surface area contributed by atoms with Gasteiger partial charge in [0, 0.05) is 6.26 Å². The molecule has 1 aliphatic rings. The molecule has 0 aromatic carbocycles. The third-order valence-corrected chi connectivity index (χ3v) is 2.06. The van der Waals surface area contributed by atoms with Crippen LogP contribution in [0, 0.1) is 0 Å². The number of hydrogen-bond donors (Lipinski definition) is 3. The van der Waals surface area contributed by atoms with E-state index in [1.165, 1.54) is 0 Å². The summed E-state index contributed by atoms with van der Waals surface area (Å²) in [4.78, 5) is 0. The molecule has 1 saturated heterocycles. The number of hydrogen-bond acceptors (Lipinski definition) is 6. The lowest BCUT2D eigenvalue weighted by Gasteiger charge is -2.12. The molecule has 1 rings (SSSR count). The Morgan fingerprint density at radius 3 is 2.42 bits per heavy atom. The van der Waals surface area contributed by atoms with E-state index < -0.39 is 24.6 Å². The van der Waals surface area contributed by atoms with E-state index in [1.807, 2.05) is 0 Å². The van der Waals surface area contributed by atoms with E-state index in [2.05, 4.69) is 0 Å². The zero-order chi connectivity index (χ0) is 9.14. The highest BCUT2D eigenvalue weighted by Crippen LogP contribution is 2.20. The molecular weight excluding hydrogens is 184 g/mol. The van der Waals surface area contributed by atoms with Crippen molar-refractivity contribution >= 4 is 12.0 Å². The van der Waals surface area contributed by atoms with E-state index in [9.17, 15) is 5.11 Å². The van der Waals surface area contributed by atoms with Gasteiger partial charge in [-0.25, -0.2) is 0 Å². The summed E-state index contributed by atoms with van der Waals surface area (Å²) in [5.74, 6) is 0. The maximum atomic E-state index is 9.23. The van der Waals surface area contributed by atoms with Gasteiger partial charge in [-0.05, 0) is 12.0 Å². The second kappa shape index (κ2) is 4.40. The Morgan fingerprint density at radius 2 is 2.00 bits per heavy atom. The van der Waals surface area contributed by atoms with Gasteiger partial charge >= 0.3 is 0 Å². The second-order valence-corrected chi connectivity index (χ2v) is 3.07. The second-order valence-electron chi connectivity index (χ2n) is 2.50. The first-order chi connectivity index (χ1) is 5.66. The third-order valence-electron chi connectivity index (χ3n) is 1.69. The first-order valence-corrected chi connectivity index (χ1v) is 4.67. The standard InChI is InChI=1S/C6H12O5S/c1-12-10-2-3-4(7)5(8)6(9)11-3/h3-9H,2H2,1H3/t3-,4+,5-,6+/m1/s1. The lowest BCUT2D eigenvalue weighted by molar-refractivity contribution is -0.130. The molecule has 1 heterocycles. The molecular formula is C6H12O5S. The van der Waals surface area contributed by atoms with Crippen molar-refractivity contribution in [3.63, 3.8) is 0 Å². The molecule has 1 fully saturated rings. The summed E-state index contributed by atoms with van der Waals surface area (Å²) in [6, 6.07) is 0. The molecule has 0 bridgehead atoms. The minimum absolute atomic E-state index is 0.149. The molecule has 72 valence electrons. The zero-order valence-corrected chi connectivity index (χ0v) is 7.40. The van der Waals surface area contributed by atoms with Gasteiger partial charge in [0.25, 0.3) is 0 Å². The number of aliphatic hydroxyl groups excluding tert-OH is 3. The fraction of sp³-hybridized carbons (Fsp3) is 1.00. The van der Waals surface area contributed by atoms with E-state index >= 15 is 0 Å². The first kappa shape index (κ1) is 10.2. The Labute approximate surface area is 74.5 Å². The van der Waals surface area contributed by atoms with Gasteiger partial charge in [0.1, 0.15) is 18.3 Å². The molecule has 0 aliphatic carbocycles. The van der Waals surface area contributed by atoms with Crippen LogP contribution < -0.4 is 0 Å². The van der Waals surface area contributed by atoms with E-state index in [1.54, 1.807) is 6.26 Å². The number of ether oxygens (including phenoxy) is 1. The largest absolute Gasteiger partial charge is 0.387 e. The van der Waals surface area contributed by atoms with Crippen molar-refractivity contribution in [1.29, 1.82) is 0 Å². The summed E-state index contributed by atoms with van der Waals surface area (Å²) in [5.41, 5.74) is 0. The lowest BCUT2D eigenvalue weighted by Crippen LogP contribution is -2.33. The van der Waals surface area contributed by atoms with Crippen molar-refractivity contribution < 1.29 is 24.2 Å². The summed E-state index contributed by atoms with van der Waals surface area (Å²) in [5, 5.41) is 27.2. The van der Waals surface area contributed by atoms with Gasteiger partial charge in [-0.3, -0.25) is 0 Å². The quantitative estimate of drug-likeness (QED) is 0.488. The molecule has 3 N–H and O–H groups in total. The molecule has 12 heavy (non-hydrogen) atoms. The van der Waals surface area contributed by atoms with Crippen LogP contribution in [0.1, 0.15) is 0 Å². The van der Waals surface area contributed by atoms with Gasteiger partial charge in [-0.1, -0.05) is 0 Å². The normalized spacial score (nSPS) is 42.0. The minimum atomic E-state index is -1.31. The van der Waals surface area contributed by atoms with Gasteiger partial charge in [0.05, 0.1) is 6.61 Å². The maximum absolute atomic E-state index is 9.23. The van der Waals surface area contributed by atoms with E-state index in [-0.39, 0.29) is 6.61 Å². The van der Waals surface area contributed by atoms with Gasteiger partial charge in [0.15, 0.2) is 6.29 Å². The van der Waals surface area contributed by atoms with Crippen molar-refractivity contribution in [3.8, 4) is 0 Å². The molecule has 6 heteroatoms. The summed E-state index contributed by atoms with van der Waals surface area (Å²) < 4.78 is 9.70. The number of rotatable bonds is 3. The lowest BCUT2D eigenvalue weighted by atomic mass is 10.1. The summed E-state index contributed by atoms with van der Waals surface area (Å²) in [6.07, 6.45) is -2.54. The smallest absolute Gasteiger partial charge is 0.184 e. The Bertz CT molecular complexity index is 144. The van der Waals surface area contributed by atoms with Crippen molar-refractivity contribution in [3.05, 3.63) is 0 Å². The van der Waals surface area contributed by atoms with Crippen LogP contribution in [0.3, 0.4) is 0 Å². The molecule has 5 nitrogen and oxygen atoms in total.